The zero-order valence-electron chi connectivity index (χ0n) is 21.7. The van der Waals surface area contributed by atoms with Gasteiger partial charge in [-0.25, -0.2) is 21.8 Å². The molecule has 14 heteroatoms. The maximum atomic E-state index is 13.0. The highest BCUT2D eigenvalue weighted by Gasteiger charge is 2.34. The van der Waals surface area contributed by atoms with E-state index in [1.165, 1.54) is 36.0 Å². The van der Waals surface area contributed by atoms with E-state index in [1.54, 1.807) is 12.1 Å². The number of halogens is 4. The van der Waals surface area contributed by atoms with Gasteiger partial charge in [0.15, 0.2) is 15.6 Å². The van der Waals surface area contributed by atoms with Crippen molar-refractivity contribution < 1.29 is 34.8 Å². The number of hydrogen-bond donors (Lipinski definition) is 1. The van der Waals surface area contributed by atoms with Crippen LogP contribution in [0.5, 0.6) is 0 Å². The Hall–Kier alpha value is -2.61. The van der Waals surface area contributed by atoms with Crippen LogP contribution in [0.2, 0.25) is 5.02 Å². The van der Waals surface area contributed by atoms with Crippen molar-refractivity contribution in [1.82, 2.24) is 4.98 Å². The van der Waals surface area contributed by atoms with Crippen LogP contribution in [-0.2, 0) is 26.0 Å². The Morgan fingerprint density at radius 2 is 1.71 bits per heavy atom. The molecule has 1 N–H and O–H groups in total. The molecule has 1 aromatic heterocycles. The van der Waals surface area contributed by atoms with E-state index in [9.17, 15) is 34.8 Å². The predicted octanol–water partition coefficient (Wildman–Crippen LogP) is 7.26. The monoisotopic (exact) mass is 646 g/mol. The second-order valence-electron chi connectivity index (χ2n) is 9.53. The first-order valence-electron chi connectivity index (χ1n) is 12.7. The Balaban J connectivity index is 1.58. The highest BCUT2D eigenvalue weighted by atomic mass is 35.5. The molecule has 220 valence electrons. The first-order chi connectivity index (χ1) is 19.2. The van der Waals surface area contributed by atoms with Crippen molar-refractivity contribution in [2.75, 3.05) is 10.5 Å². The third-order valence-corrected chi connectivity index (χ3v) is 11.0. The van der Waals surface area contributed by atoms with Crippen molar-refractivity contribution in [2.45, 2.75) is 64.8 Å². The fourth-order valence-electron chi connectivity index (χ4n) is 3.89. The van der Waals surface area contributed by atoms with Crippen LogP contribution >= 0.6 is 23.4 Å². The van der Waals surface area contributed by atoms with Crippen LogP contribution < -0.4 is 4.72 Å². The van der Waals surface area contributed by atoms with Crippen molar-refractivity contribution in [1.29, 1.82) is 0 Å². The maximum absolute atomic E-state index is 13.0. The number of sulfonamides is 1. The van der Waals surface area contributed by atoms with Gasteiger partial charge in [0.25, 0.3) is 10.0 Å². The van der Waals surface area contributed by atoms with Gasteiger partial charge in [-0.3, -0.25) is 9.52 Å². The lowest BCUT2D eigenvalue weighted by molar-refractivity contribution is -0.137. The molecule has 7 nitrogen and oxygen atoms in total. The summed E-state index contributed by atoms with van der Waals surface area (Å²) in [5, 5.41) is -0.621. The van der Waals surface area contributed by atoms with Crippen LogP contribution in [0.3, 0.4) is 0 Å². The van der Waals surface area contributed by atoms with Gasteiger partial charge in [0.05, 0.1) is 21.2 Å². The van der Waals surface area contributed by atoms with Gasteiger partial charge in [0, 0.05) is 15.7 Å². The van der Waals surface area contributed by atoms with E-state index >= 15 is 0 Å². The Kier molecular flexibility index (Phi) is 9.42. The molecule has 41 heavy (non-hydrogen) atoms. The number of aromatic nitrogens is 1. The Bertz CT molecular complexity index is 1660. The second-order valence-corrected chi connectivity index (χ2v) is 14.8. The van der Waals surface area contributed by atoms with Crippen molar-refractivity contribution in [2.24, 2.45) is 5.92 Å². The number of nitrogens with one attached hydrogen (secondary N) is 1. The van der Waals surface area contributed by atoms with E-state index in [0.29, 0.717) is 41.2 Å². The fourth-order valence-corrected chi connectivity index (χ4v) is 7.71. The van der Waals surface area contributed by atoms with Gasteiger partial charge >= 0.3 is 6.18 Å². The molecule has 0 spiro atoms. The van der Waals surface area contributed by atoms with Crippen molar-refractivity contribution in [3.63, 3.8) is 0 Å². The number of carbonyl (C=O) groups is 1. The summed E-state index contributed by atoms with van der Waals surface area (Å²) in [5.41, 5.74) is -1.06. The number of sulfone groups is 1. The third-order valence-electron chi connectivity index (χ3n) is 6.25. The van der Waals surface area contributed by atoms with Gasteiger partial charge in [-0.2, -0.15) is 13.2 Å². The van der Waals surface area contributed by atoms with Crippen LogP contribution in [0, 0.1) is 5.92 Å². The highest BCUT2D eigenvalue weighted by molar-refractivity contribution is 7.99. The Morgan fingerprint density at radius 3 is 2.29 bits per heavy atom. The number of anilines is 1. The molecule has 0 bridgehead atoms. The largest absolute Gasteiger partial charge is 0.416 e. The molecule has 0 atom stereocenters. The van der Waals surface area contributed by atoms with Crippen molar-refractivity contribution in [3.8, 4) is 0 Å². The quantitative estimate of drug-likeness (QED) is 0.163. The van der Waals surface area contributed by atoms with Crippen LogP contribution in [0.1, 0.15) is 55.1 Å². The lowest BCUT2D eigenvalue weighted by atomic mass is 10.2. The zero-order valence-corrected chi connectivity index (χ0v) is 24.9. The normalized spacial score (nSPS) is 14.2. The minimum atomic E-state index is -4.70. The van der Waals surface area contributed by atoms with Crippen molar-refractivity contribution in [3.05, 3.63) is 70.9 Å². The number of unbranched alkanes of at least 4 members (excludes halogenated alkanes) is 2. The molecular formula is C27H26ClF3N2O5S3. The van der Waals surface area contributed by atoms with Gasteiger partial charge in [0.2, 0.25) is 0 Å². The summed E-state index contributed by atoms with van der Waals surface area (Å²) in [6.45, 7) is 1.99. The predicted molar refractivity (Wildman–Crippen MR) is 151 cm³/mol. The molecule has 1 aliphatic carbocycles. The molecule has 3 aromatic rings. The first kappa shape index (κ1) is 31.3. The van der Waals surface area contributed by atoms with E-state index in [1.807, 2.05) is 6.92 Å². The Morgan fingerprint density at radius 1 is 1.02 bits per heavy atom. The standard InChI is InChI=1S/C27H26ClF3N2O5S3/c1-2-3-4-15-40(35,36)20-10-8-19(9-11-20)39-22-12-14-24(32-25(22)26(34)17-5-6-17)33-41(37,38)23-13-7-18(16-21(23)28)27(29,30)31/h7-14,16-17H,2-6,15H2,1H3,(H,32,33). The number of ketones is 1. The minimum absolute atomic E-state index is 0.0347. The van der Waals surface area contributed by atoms with Gasteiger partial charge < -0.3 is 0 Å². The lowest BCUT2D eigenvalue weighted by Crippen LogP contribution is -2.17. The summed E-state index contributed by atoms with van der Waals surface area (Å²) in [4.78, 5) is 18.0. The molecule has 1 saturated carbocycles. The number of carbonyl (C=O) groups excluding carboxylic acids is 1. The molecule has 0 unspecified atom stereocenters. The van der Waals surface area contributed by atoms with Crippen molar-refractivity contribution >= 4 is 54.8 Å². The molecule has 1 fully saturated rings. The summed E-state index contributed by atoms with van der Waals surface area (Å²) < 4.78 is 92.1. The topological polar surface area (TPSA) is 110 Å². The average Bonchev–Trinajstić information content (AvgIpc) is 3.74. The second kappa shape index (κ2) is 12.3. The molecule has 1 heterocycles. The molecule has 0 radical (unpaired) electrons. The number of alkyl halides is 3. The molecule has 0 aliphatic heterocycles. The number of nitrogens with zero attached hydrogens (tertiary/aromatic N) is 1. The van der Waals surface area contributed by atoms with Gasteiger partial charge in [0.1, 0.15) is 16.4 Å². The van der Waals surface area contributed by atoms with Crippen LogP contribution in [-0.4, -0.2) is 33.4 Å². The average molecular weight is 647 g/mol. The third kappa shape index (κ3) is 7.82. The van der Waals surface area contributed by atoms with E-state index < -0.39 is 41.5 Å². The maximum Gasteiger partial charge on any atom is 0.416 e. The molecular weight excluding hydrogens is 621 g/mol. The van der Waals surface area contributed by atoms with E-state index in [4.69, 9.17) is 11.6 Å². The van der Waals surface area contributed by atoms with Gasteiger partial charge in [-0.15, -0.1) is 0 Å². The first-order valence-corrected chi connectivity index (χ1v) is 17.0. The Labute approximate surface area is 245 Å². The van der Waals surface area contributed by atoms with Gasteiger partial charge in [-0.1, -0.05) is 43.1 Å². The zero-order chi connectivity index (χ0) is 30.0. The fraction of sp³-hybridized carbons (Fsp3) is 0.333. The van der Waals surface area contributed by atoms with E-state index in [-0.39, 0.29) is 33.9 Å². The molecule has 2 aromatic carbocycles. The molecule has 4 rings (SSSR count). The SMILES string of the molecule is CCCCCS(=O)(=O)c1ccc(Sc2ccc(NS(=O)(=O)c3ccc(C(F)(F)F)cc3Cl)nc2C(=O)C2CC2)cc1. The number of rotatable bonds is 12. The summed E-state index contributed by atoms with van der Waals surface area (Å²) >= 11 is 7.04. The minimum Gasteiger partial charge on any atom is -0.292 e. The lowest BCUT2D eigenvalue weighted by Gasteiger charge is -2.14. The summed E-state index contributed by atoms with van der Waals surface area (Å²) in [7, 11) is -7.85. The highest BCUT2D eigenvalue weighted by Crippen LogP contribution is 2.38. The van der Waals surface area contributed by atoms with E-state index in [0.717, 1.165) is 18.9 Å². The summed E-state index contributed by atoms with van der Waals surface area (Å²) in [5.74, 6) is -0.653. The molecule has 1 aliphatic rings. The van der Waals surface area contributed by atoms with Gasteiger partial charge in [-0.05, 0) is 73.9 Å². The summed E-state index contributed by atoms with van der Waals surface area (Å²) in [6, 6.07) is 11.0. The number of pyridine rings is 1. The van der Waals surface area contributed by atoms with Crippen LogP contribution in [0.15, 0.2) is 74.2 Å². The molecule has 0 saturated heterocycles. The number of benzene rings is 2. The summed E-state index contributed by atoms with van der Waals surface area (Å²) in [6.07, 6.45) is -1.05. The number of hydrogen-bond acceptors (Lipinski definition) is 7. The van der Waals surface area contributed by atoms with E-state index in [2.05, 4.69) is 9.71 Å². The molecule has 0 amide bonds. The van der Waals surface area contributed by atoms with Crippen LogP contribution in [0.25, 0.3) is 0 Å². The number of Topliss-reactive ketones (excluding diaryl/α,β-unsaturated/α-hetero) is 1. The smallest absolute Gasteiger partial charge is 0.292 e. The van der Waals surface area contributed by atoms with Crippen LogP contribution in [0.4, 0.5) is 19.0 Å².